The lowest BCUT2D eigenvalue weighted by molar-refractivity contribution is 0.271. The molecular formula is C17H33N. The molecule has 0 amide bonds. The normalized spacial score (nSPS) is 38.3. The summed E-state index contributed by atoms with van der Waals surface area (Å²) in [7, 11) is 0. The van der Waals surface area contributed by atoms with Crippen molar-refractivity contribution in [2.45, 2.75) is 84.1 Å². The first-order chi connectivity index (χ1) is 8.74. The Morgan fingerprint density at radius 3 is 2.22 bits per heavy atom. The van der Waals surface area contributed by atoms with Gasteiger partial charge in [0, 0.05) is 6.04 Å². The van der Waals surface area contributed by atoms with Gasteiger partial charge in [0.05, 0.1) is 0 Å². The Morgan fingerprint density at radius 2 is 1.44 bits per heavy atom. The van der Waals surface area contributed by atoms with E-state index in [1.54, 1.807) is 0 Å². The lowest BCUT2D eigenvalue weighted by Crippen LogP contribution is -2.31. The van der Waals surface area contributed by atoms with E-state index in [0.29, 0.717) is 0 Å². The molecule has 0 aromatic rings. The Labute approximate surface area is 114 Å². The van der Waals surface area contributed by atoms with E-state index in [-0.39, 0.29) is 0 Å². The smallest absolute Gasteiger partial charge is 0.00671 e. The number of rotatable bonds is 4. The van der Waals surface area contributed by atoms with Gasteiger partial charge in [0.1, 0.15) is 0 Å². The molecule has 2 unspecified atom stereocenters. The van der Waals surface area contributed by atoms with Crippen molar-refractivity contribution < 1.29 is 0 Å². The van der Waals surface area contributed by atoms with Gasteiger partial charge in [-0.05, 0) is 50.0 Å². The molecule has 1 N–H and O–H groups in total. The molecule has 2 rings (SSSR count). The summed E-state index contributed by atoms with van der Waals surface area (Å²) >= 11 is 0. The summed E-state index contributed by atoms with van der Waals surface area (Å²) in [6.07, 6.45) is 14.6. The van der Waals surface area contributed by atoms with Gasteiger partial charge in [-0.2, -0.15) is 0 Å². The molecule has 0 aromatic carbocycles. The Hall–Kier alpha value is -0.0400. The monoisotopic (exact) mass is 251 g/mol. The van der Waals surface area contributed by atoms with Crippen molar-refractivity contribution in [2.75, 3.05) is 6.54 Å². The quantitative estimate of drug-likeness (QED) is 0.710. The average molecular weight is 251 g/mol. The highest BCUT2D eigenvalue weighted by Gasteiger charge is 2.19. The zero-order valence-electron chi connectivity index (χ0n) is 12.6. The van der Waals surface area contributed by atoms with Gasteiger partial charge in [0.2, 0.25) is 0 Å². The van der Waals surface area contributed by atoms with Crippen LogP contribution < -0.4 is 5.32 Å². The Balaban J connectivity index is 1.57. The van der Waals surface area contributed by atoms with E-state index in [0.717, 1.165) is 23.8 Å². The molecule has 18 heavy (non-hydrogen) atoms. The standard InChI is InChI=1S/C17H33N/c1-14-4-3-5-17(11-8-14)18-13-12-16-9-6-15(2)7-10-16/h14-18H,3-13H2,1-2H3. The first-order valence-electron chi connectivity index (χ1n) is 8.47. The maximum atomic E-state index is 3.84. The van der Waals surface area contributed by atoms with Crippen LogP contribution in [0.15, 0.2) is 0 Å². The molecule has 0 aromatic heterocycles. The zero-order chi connectivity index (χ0) is 12.8. The summed E-state index contributed by atoms with van der Waals surface area (Å²) < 4.78 is 0. The molecule has 0 heterocycles. The molecule has 1 heteroatoms. The first-order valence-corrected chi connectivity index (χ1v) is 8.47. The Morgan fingerprint density at radius 1 is 0.778 bits per heavy atom. The van der Waals surface area contributed by atoms with Crippen LogP contribution in [0.3, 0.4) is 0 Å². The van der Waals surface area contributed by atoms with Gasteiger partial charge in [0.25, 0.3) is 0 Å². The van der Waals surface area contributed by atoms with Gasteiger partial charge in [-0.15, -0.1) is 0 Å². The predicted molar refractivity (Wildman–Crippen MR) is 79.8 cm³/mol. The van der Waals surface area contributed by atoms with Crippen LogP contribution in [-0.2, 0) is 0 Å². The van der Waals surface area contributed by atoms with Gasteiger partial charge in [-0.3, -0.25) is 0 Å². The minimum Gasteiger partial charge on any atom is -0.314 e. The molecule has 0 bridgehead atoms. The molecule has 106 valence electrons. The first kappa shape index (κ1) is 14.4. The van der Waals surface area contributed by atoms with Gasteiger partial charge in [-0.1, -0.05) is 52.4 Å². The van der Waals surface area contributed by atoms with Crippen molar-refractivity contribution in [1.29, 1.82) is 0 Å². The van der Waals surface area contributed by atoms with E-state index < -0.39 is 0 Å². The molecule has 2 saturated carbocycles. The lowest BCUT2D eigenvalue weighted by atomic mass is 9.81. The van der Waals surface area contributed by atoms with Crippen molar-refractivity contribution in [3.8, 4) is 0 Å². The highest BCUT2D eigenvalue weighted by Crippen LogP contribution is 2.30. The Kier molecular flexibility index (Phi) is 6.01. The molecule has 1 nitrogen and oxygen atoms in total. The van der Waals surface area contributed by atoms with Crippen molar-refractivity contribution in [1.82, 2.24) is 5.32 Å². The van der Waals surface area contributed by atoms with E-state index in [9.17, 15) is 0 Å². The van der Waals surface area contributed by atoms with Crippen molar-refractivity contribution in [2.24, 2.45) is 17.8 Å². The predicted octanol–water partition coefficient (Wildman–Crippen LogP) is 4.76. The minimum atomic E-state index is 0.831. The summed E-state index contributed by atoms with van der Waals surface area (Å²) in [5.74, 6) is 2.99. The fourth-order valence-corrected chi connectivity index (χ4v) is 3.80. The molecule has 2 aliphatic rings. The zero-order valence-corrected chi connectivity index (χ0v) is 12.6. The summed E-state index contributed by atoms with van der Waals surface area (Å²) in [6.45, 7) is 6.12. The minimum absolute atomic E-state index is 0.831. The van der Waals surface area contributed by atoms with Crippen LogP contribution in [0.4, 0.5) is 0 Å². The van der Waals surface area contributed by atoms with Crippen LogP contribution in [0.5, 0.6) is 0 Å². The summed E-state index contributed by atoms with van der Waals surface area (Å²) in [4.78, 5) is 0. The van der Waals surface area contributed by atoms with Crippen LogP contribution in [0.2, 0.25) is 0 Å². The van der Waals surface area contributed by atoms with Crippen LogP contribution in [0, 0.1) is 17.8 Å². The van der Waals surface area contributed by atoms with E-state index in [1.165, 1.54) is 70.8 Å². The summed E-state index contributed by atoms with van der Waals surface area (Å²) in [5, 5.41) is 3.84. The van der Waals surface area contributed by atoms with Crippen molar-refractivity contribution >= 4 is 0 Å². The second-order valence-electron chi connectivity index (χ2n) is 7.18. The van der Waals surface area contributed by atoms with Gasteiger partial charge in [-0.25, -0.2) is 0 Å². The molecule has 0 saturated heterocycles. The van der Waals surface area contributed by atoms with E-state index in [4.69, 9.17) is 0 Å². The van der Waals surface area contributed by atoms with Crippen LogP contribution in [-0.4, -0.2) is 12.6 Å². The third kappa shape index (κ3) is 4.91. The molecule has 2 atom stereocenters. The SMILES string of the molecule is CC1CCC(CCNC2CCCC(C)CC2)CC1. The van der Waals surface area contributed by atoms with Crippen LogP contribution in [0.25, 0.3) is 0 Å². The van der Waals surface area contributed by atoms with Gasteiger partial charge in [0.15, 0.2) is 0 Å². The molecule has 0 radical (unpaired) electrons. The molecule has 2 aliphatic carbocycles. The second kappa shape index (κ2) is 7.53. The topological polar surface area (TPSA) is 12.0 Å². The van der Waals surface area contributed by atoms with Crippen molar-refractivity contribution in [3.63, 3.8) is 0 Å². The number of hydrogen-bond donors (Lipinski definition) is 1. The van der Waals surface area contributed by atoms with Crippen LogP contribution >= 0.6 is 0 Å². The average Bonchev–Trinajstić information content (AvgIpc) is 2.57. The molecular weight excluding hydrogens is 218 g/mol. The fourth-order valence-electron chi connectivity index (χ4n) is 3.80. The van der Waals surface area contributed by atoms with E-state index in [1.807, 2.05) is 0 Å². The molecule has 0 aliphatic heterocycles. The van der Waals surface area contributed by atoms with Crippen molar-refractivity contribution in [3.05, 3.63) is 0 Å². The largest absolute Gasteiger partial charge is 0.314 e. The van der Waals surface area contributed by atoms with Crippen LogP contribution in [0.1, 0.15) is 78.1 Å². The molecule has 0 spiro atoms. The summed E-state index contributed by atoms with van der Waals surface area (Å²) in [6, 6.07) is 0.831. The van der Waals surface area contributed by atoms with Gasteiger partial charge < -0.3 is 5.32 Å². The Bertz CT molecular complexity index is 218. The molecule has 2 fully saturated rings. The maximum Gasteiger partial charge on any atom is 0.00671 e. The maximum absolute atomic E-state index is 3.84. The fraction of sp³-hybridized carbons (Fsp3) is 1.00. The lowest BCUT2D eigenvalue weighted by Gasteiger charge is -2.27. The highest BCUT2D eigenvalue weighted by molar-refractivity contribution is 4.75. The highest BCUT2D eigenvalue weighted by atomic mass is 14.9. The van der Waals surface area contributed by atoms with E-state index >= 15 is 0 Å². The third-order valence-corrected chi connectivity index (χ3v) is 5.38. The second-order valence-corrected chi connectivity index (χ2v) is 7.18. The summed E-state index contributed by atoms with van der Waals surface area (Å²) in [5.41, 5.74) is 0. The van der Waals surface area contributed by atoms with E-state index in [2.05, 4.69) is 19.2 Å². The number of hydrogen-bond acceptors (Lipinski definition) is 1. The number of nitrogens with one attached hydrogen (secondary N) is 1. The van der Waals surface area contributed by atoms with Gasteiger partial charge >= 0.3 is 0 Å². The third-order valence-electron chi connectivity index (χ3n) is 5.38.